The first-order chi connectivity index (χ1) is 15.5. The van der Waals surface area contributed by atoms with Gasteiger partial charge in [-0.05, 0) is 29.5 Å². The molecule has 3 aromatic rings. The first kappa shape index (κ1) is 22.5. The highest BCUT2D eigenvalue weighted by molar-refractivity contribution is 7.10. The lowest BCUT2D eigenvalue weighted by atomic mass is 10.0. The van der Waals surface area contributed by atoms with E-state index in [1.54, 1.807) is 23.1 Å². The first-order valence-electron chi connectivity index (χ1n) is 11.0. The minimum absolute atomic E-state index is 0.0307. The number of nitrogens with zero attached hydrogens (tertiary/aromatic N) is 3. The van der Waals surface area contributed by atoms with Crippen LogP contribution >= 0.6 is 11.3 Å². The van der Waals surface area contributed by atoms with Crippen LogP contribution in [0.15, 0.2) is 53.9 Å². The maximum absolute atomic E-state index is 13.1. The number of urea groups is 1. The molecule has 1 fully saturated rings. The second-order valence-corrected chi connectivity index (χ2v) is 9.42. The maximum atomic E-state index is 13.1. The lowest BCUT2D eigenvalue weighted by molar-refractivity contribution is 0.159. The molecule has 0 unspecified atom stereocenters. The van der Waals surface area contributed by atoms with E-state index in [1.807, 2.05) is 36.4 Å². The van der Waals surface area contributed by atoms with Gasteiger partial charge in [0.1, 0.15) is 5.82 Å². The number of ether oxygens (including phenoxy) is 1. The number of amides is 2. The summed E-state index contributed by atoms with van der Waals surface area (Å²) in [6.07, 6.45) is 0. The highest BCUT2D eigenvalue weighted by Gasteiger charge is 2.35. The van der Waals surface area contributed by atoms with Crippen LogP contribution in [0.5, 0.6) is 0 Å². The van der Waals surface area contributed by atoms with Crippen molar-refractivity contribution in [1.29, 1.82) is 0 Å². The van der Waals surface area contributed by atoms with Gasteiger partial charge in [0.15, 0.2) is 0 Å². The number of rotatable bonds is 8. The Hall–Kier alpha value is -2.68. The molecule has 0 aliphatic carbocycles. The third kappa shape index (κ3) is 5.20. The predicted molar refractivity (Wildman–Crippen MR) is 129 cm³/mol. The molecule has 1 saturated heterocycles. The zero-order chi connectivity index (χ0) is 22.5. The molecule has 0 bridgehead atoms. The van der Waals surface area contributed by atoms with Crippen molar-refractivity contribution in [3.05, 3.63) is 64.5 Å². The number of hydrogen-bond acceptors (Lipinski definition) is 5. The molecule has 2 atom stereocenters. The van der Waals surface area contributed by atoms with Crippen LogP contribution in [-0.4, -0.2) is 60.1 Å². The van der Waals surface area contributed by atoms with Crippen molar-refractivity contribution in [3.63, 3.8) is 0 Å². The molecule has 170 valence electrons. The number of thiophene rings is 1. The van der Waals surface area contributed by atoms with Crippen LogP contribution < -0.4 is 10.6 Å². The van der Waals surface area contributed by atoms with Gasteiger partial charge in [-0.15, -0.1) is 11.3 Å². The minimum Gasteiger partial charge on any atom is -0.383 e. The minimum atomic E-state index is -0.211. The summed E-state index contributed by atoms with van der Waals surface area (Å²) in [5, 5.41) is 13.1. The fourth-order valence-electron chi connectivity index (χ4n) is 4.08. The molecule has 3 heterocycles. The van der Waals surface area contributed by atoms with Crippen molar-refractivity contribution < 1.29 is 9.53 Å². The molecule has 0 saturated carbocycles. The number of likely N-dealkylation sites (tertiary alicyclic amines) is 1. The van der Waals surface area contributed by atoms with Gasteiger partial charge < -0.3 is 10.1 Å². The van der Waals surface area contributed by atoms with Gasteiger partial charge >= 0.3 is 6.03 Å². The molecule has 2 aromatic heterocycles. The van der Waals surface area contributed by atoms with Crippen molar-refractivity contribution in [2.24, 2.45) is 0 Å². The summed E-state index contributed by atoms with van der Waals surface area (Å²) in [7, 11) is 1.72. The average molecular weight is 454 g/mol. The fourth-order valence-corrected chi connectivity index (χ4v) is 4.97. The summed E-state index contributed by atoms with van der Waals surface area (Å²) in [6, 6.07) is 15.9. The molecular weight excluding hydrogens is 422 g/mol. The van der Waals surface area contributed by atoms with E-state index in [1.165, 1.54) is 4.88 Å². The molecule has 0 spiro atoms. The van der Waals surface area contributed by atoms with Crippen molar-refractivity contribution in [1.82, 2.24) is 20.0 Å². The zero-order valence-corrected chi connectivity index (χ0v) is 19.6. The standard InChI is InChI=1S/C24H31N5O2S/c1-17(2)20-14-23(29(27-20)18-8-5-4-6-9-18)26-24(30)25-21-16-28(11-12-31-3)15-19(21)22-10-7-13-32-22/h4-10,13-14,17,19,21H,11-12,15-16H2,1-3H3,(H2,25,26,30)/t19-,21-/m1/s1. The number of para-hydroxylation sites is 1. The van der Waals surface area contributed by atoms with Gasteiger partial charge in [-0.25, -0.2) is 9.48 Å². The number of aromatic nitrogens is 2. The smallest absolute Gasteiger partial charge is 0.320 e. The number of anilines is 1. The summed E-state index contributed by atoms with van der Waals surface area (Å²) in [5.74, 6) is 1.19. The van der Waals surface area contributed by atoms with E-state index in [4.69, 9.17) is 9.84 Å². The van der Waals surface area contributed by atoms with E-state index in [0.29, 0.717) is 12.4 Å². The van der Waals surface area contributed by atoms with Crippen molar-refractivity contribution >= 4 is 23.2 Å². The molecule has 4 rings (SSSR count). The van der Waals surface area contributed by atoms with E-state index >= 15 is 0 Å². The van der Waals surface area contributed by atoms with Crippen molar-refractivity contribution in [2.75, 3.05) is 38.7 Å². The van der Waals surface area contributed by atoms with Gasteiger partial charge in [-0.1, -0.05) is 38.1 Å². The van der Waals surface area contributed by atoms with Crippen molar-refractivity contribution in [3.8, 4) is 5.69 Å². The average Bonchev–Trinajstić information content (AvgIpc) is 3.53. The van der Waals surface area contributed by atoms with Crippen LogP contribution in [0.3, 0.4) is 0 Å². The van der Waals surface area contributed by atoms with Gasteiger partial charge in [-0.2, -0.15) is 5.10 Å². The van der Waals surface area contributed by atoms with E-state index < -0.39 is 0 Å². The Morgan fingerprint density at radius 3 is 2.72 bits per heavy atom. The lowest BCUT2D eigenvalue weighted by Crippen LogP contribution is -2.42. The molecule has 1 aliphatic heterocycles. The van der Waals surface area contributed by atoms with E-state index in [2.05, 4.69) is 46.9 Å². The van der Waals surface area contributed by atoms with Crippen molar-refractivity contribution in [2.45, 2.75) is 31.7 Å². The summed E-state index contributed by atoms with van der Waals surface area (Å²) in [4.78, 5) is 16.7. The number of carbonyl (C=O) groups is 1. The number of methoxy groups -OCH3 is 1. The van der Waals surface area contributed by atoms with E-state index in [-0.39, 0.29) is 23.9 Å². The van der Waals surface area contributed by atoms with Crippen LogP contribution in [0, 0.1) is 0 Å². The SMILES string of the molecule is COCCN1C[C@@H](NC(=O)Nc2cc(C(C)C)nn2-c2ccccc2)[C@H](c2cccs2)C1. The molecule has 32 heavy (non-hydrogen) atoms. The molecule has 8 heteroatoms. The fraction of sp³-hybridized carbons (Fsp3) is 0.417. The lowest BCUT2D eigenvalue weighted by Gasteiger charge is -2.19. The number of benzene rings is 1. The Labute approximate surface area is 193 Å². The Morgan fingerprint density at radius 1 is 1.22 bits per heavy atom. The molecule has 1 aromatic carbocycles. The molecule has 2 N–H and O–H groups in total. The molecular formula is C24H31N5O2S. The Balaban J connectivity index is 1.50. The molecule has 2 amide bonds. The van der Waals surface area contributed by atoms with Gasteiger partial charge in [-0.3, -0.25) is 10.2 Å². The highest BCUT2D eigenvalue weighted by atomic mass is 32.1. The Morgan fingerprint density at radius 2 is 2.03 bits per heavy atom. The molecule has 1 aliphatic rings. The quantitative estimate of drug-likeness (QED) is 0.534. The second kappa shape index (κ2) is 10.3. The van der Waals surface area contributed by atoms with Crippen LogP contribution in [0.2, 0.25) is 0 Å². The van der Waals surface area contributed by atoms with Crippen LogP contribution in [0.4, 0.5) is 10.6 Å². The normalized spacial score (nSPS) is 18.9. The zero-order valence-electron chi connectivity index (χ0n) is 18.8. The van der Waals surface area contributed by atoms with Gasteiger partial charge in [0.2, 0.25) is 0 Å². The highest BCUT2D eigenvalue weighted by Crippen LogP contribution is 2.31. The predicted octanol–water partition coefficient (Wildman–Crippen LogP) is 4.29. The third-order valence-electron chi connectivity index (χ3n) is 5.79. The topological polar surface area (TPSA) is 71.4 Å². The summed E-state index contributed by atoms with van der Waals surface area (Å²) in [6.45, 7) is 7.45. The number of carbonyl (C=O) groups excluding carboxylic acids is 1. The van der Waals surface area contributed by atoms with Crippen LogP contribution in [-0.2, 0) is 4.74 Å². The summed E-state index contributed by atoms with van der Waals surface area (Å²) >= 11 is 1.74. The number of hydrogen-bond donors (Lipinski definition) is 2. The van der Waals surface area contributed by atoms with E-state index in [9.17, 15) is 4.79 Å². The number of nitrogens with one attached hydrogen (secondary N) is 2. The van der Waals surface area contributed by atoms with Gasteiger partial charge in [0.25, 0.3) is 0 Å². The summed E-state index contributed by atoms with van der Waals surface area (Å²) < 4.78 is 7.05. The third-order valence-corrected chi connectivity index (χ3v) is 6.80. The van der Waals surface area contributed by atoms with Crippen LogP contribution in [0.25, 0.3) is 5.69 Å². The molecule has 7 nitrogen and oxygen atoms in total. The maximum Gasteiger partial charge on any atom is 0.320 e. The summed E-state index contributed by atoms with van der Waals surface area (Å²) in [5.41, 5.74) is 1.85. The van der Waals surface area contributed by atoms with Crippen LogP contribution in [0.1, 0.15) is 36.3 Å². The largest absolute Gasteiger partial charge is 0.383 e. The Bertz CT molecular complexity index is 1000. The second-order valence-electron chi connectivity index (χ2n) is 8.44. The monoisotopic (exact) mass is 453 g/mol. The molecule has 0 radical (unpaired) electrons. The van der Waals surface area contributed by atoms with Gasteiger partial charge in [0, 0.05) is 43.6 Å². The Kier molecular flexibility index (Phi) is 7.24. The first-order valence-corrected chi connectivity index (χ1v) is 11.9. The van der Waals surface area contributed by atoms with Gasteiger partial charge in [0.05, 0.1) is 24.0 Å². The van der Waals surface area contributed by atoms with E-state index in [0.717, 1.165) is 31.0 Å².